The molecule has 120 valence electrons. The van der Waals surface area contributed by atoms with Crippen molar-refractivity contribution < 1.29 is 0 Å². The van der Waals surface area contributed by atoms with E-state index in [9.17, 15) is 0 Å². The van der Waals surface area contributed by atoms with E-state index in [0.29, 0.717) is 0 Å². The predicted molar refractivity (Wildman–Crippen MR) is 99.8 cm³/mol. The lowest BCUT2D eigenvalue weighted by Gasteiger charge is -2.18. The Balaban J connectivity index is 2.52. The second-order valence-corrected chi connectivity index (χ2v) is 6.52. The highest BCUT2D eigenvalue weighted by atomic mass is 14.2. The van der Waals surface area contributed by atoms with Crippen LogP contribution in [0.4, 0.5) is 0 Å². The Hall–Kier alpha value is -1.30. The maximum atomic E-state index is 2.48. The average molecular weight is 296 g/mol. The van der Waals surface area contributed by atoms with Crippen molar-refractivity contribution in [3.63, 3.8) is 0 Å². The van der Waals surface area contributed by atoms with Crippen molar-refractivity contribution in [3.05, 3.63) is 47.0 Å². The van der Waals surface area contributed by atoms with Gasteiger partial charge in [-0.3, -0.25) is 0 Å². The van der Waals surface area contributed by atoms with E-state index in [1.807, 2.05) is 0 Å². The molecule has 0 spiro atoms. The molecule has 0 heterocycles. The highest BCUT2D eigenvalue weighted by Crippen LogP contribution is 2.30. The zero-order chi connectivity index (χ0) is 15.8. The van der Waals surface area contributed by atoms with Gasteiger partial charge in [0.25, 0.3) is 0 Å². The van der Waals surface area contributed by atoms with Crippen molar-refractivity contribution in [2.45, 2.75) is 78.6 Å². The Bertz CT molecular complexity index is 580. The molecule has 0 aromatic heterocycles. The molecule has 0 nitrogen and oxygen atoms in total. The molecule has 0 saturated carbocycles. The van der Waals surface area contributed by atoms with E-state index in [1.54, 1.807) is 16.7 Å². The Morgan fingerprint density at radius 1 is 0.682 bits per heavy atom. The van der Waals surface area contributed by atoms with Crippen LogP contribution in [0.5, 0.6) is 0 Å². The van der Waals surface area contributed by atoms with Crippen LogP contribution in [-0.2, 0) is 19.3 Å². The van der Waals surface area contributed by atoms with E-state index in [2.05, 4.69) is 51.1 Å². The van der Waals surface area contributed by atoms with E-state index in [1.165, 1.54) is 68.6 Å². The van der Waals surface area contributed by atoms with Gasteiger partial charge >= 0.3 is 0 Å². The van der Waals surface area contributed by atoms with E-state index < -0.39 is 0 Å². The lowest BCUT2D eigenvalue weighted by atomic mass is 9.87. The minimum absolute atomic E-state index is 1.25. The summed E-state index contributed by atoms with van der Waals surface area (Å²) in [7, 11) is 0. The molecule has 2 rings (SSSR count). The summed E-state index contributed by atoms with van der Waals surface area (Å²) in [6, 6.07) is 11.5. The molecular weight excluding hydrogens is 264 g/mol. The molecule has 0 aliphatic rings. The van der Waals surface area contributed by atoms with Gasteiger partial charge < -0.3 is 0 Å². The van der Waals surface area contributed by atoms with Crippen molar-refractivity contribution in [2.75, 3.05) is 0 Å². The summed E-state index contributed by atoms with van der Waals surface area (Å²) >= 11 is 0. The number of benzene rings is 2. The van der Waals surface area contributed by atoms with E-state index in [0.717, 1.165) is 0 Å². The first-order valence-electron chi connectivity index (χ1n) is 9.34. The summed E-state index contributed by atoms with van der Waals surface area (Å²) in [5.41, 5.74) is 4.96. The van der Waals surface area contributed by atoms with Crippen LogP contribution < -0.4 is 0 Å². The normalized spacial score (nSPS) is 11.2. The number of rotatable bonds is 9. The molecule has 0 aliphatic carbocycles. The molecule has 0 bridgehead atoms. The van der Waals surface area contributed by atoms with E-state index >= 15 is 0 Å². The minimum Gasteiger partial charge on any atom is -0.0654 e. The smallest absolute Gasteiger partial charge is 0.0149 e. The highest BCUT2D eigenvalue weighted by molar-refractivity contribution is 5.88. The summed E-state index contributed by atoms with van der Waals surface area (Å²) in [6.07, 6.45) is 11.5. The molecule has 0 N–H and O–H groups in total. The molecule has 0 saturated heterocycles. The summed E-state index contributed by atoms with van der Waals surface area (Å²) in [4.78, 5) is 0. The summed E-state index contributed by atoms with van der Waals surface area (Å²) in [6.45, 7) is 6.90. The van der Waals surface area contributed by atoms with Gasteiger partial charge in [0, 0.05) is 0 Å². The van der Waals surface area contributed by atoms with Gasteiger partial charge in [-0.2, -0.15) is 0 Å². The second kappa shape index (κ2) is 8.98. The molecule has 0 atom stereocenters. The largest absolute Gasteiger partial charge is 0.0654 e. The summed E-state index contributed by atoms with van der Waals surface area (Å²) in [5.74, 6) is 0. The molecule has 2 aromatic carbocycles. The van der Waals surface area contributed by atoms with Crippen molar-refractivity contribution in [2.24, 2.45) is 0 Å². The SMILES string of the molecule is CCCCc1cc2ccccc2c(CCCC)c1CCCC. The van der Waals surface area contributed by atoms with Gasteiger partial charge in [-0.05, 0) is 66.0 Å². The van der Waals surface area contributed by atoms with Crippen LogP contribution in [0, 0.1) is 0 Å². The number of hydrogen-bond acceptors (Lipinski definition) is 0. The molecule has 0 aliphatic heterocycles. The number of fused-ring (bicyclic) bond motifs is 1. The standard InChI is InChI=1S/C22H32/c1-4-7-12-18-17-19-13-10-11-16-21(19)22(15-9-6-3)20(18)14-8-5-2/h10-11,13,16-17H,4-9,12,14-15H2,1-3H3. The van der Waals surface area contributed by atoms with Crippen molar-refractivity contribution in [3.8, 4) is 0 Å². The Morgan fingerprint density at radius 2 is 1.27 bits per heavy atom. The zero-order valence-corrected chi connectivity index (χ0v) is 14.8. The van der Waals surface area contributed by atoms with Gasteiger partial charge in [-0.15, -0.1) is 0 Å². The maximum Gasteiger partial charge on any atom is -0.0149 e. The van der Waals surface area contributed by atoms with Crippen LogP contribution in [0.2, 0.25) is 0 Å². The van der Waals surface area contributed by atoms with Gasteiger partial charge in [0.15, 0.2) is 0 Å². The number of hydrogen-bond donors (Lipinski definition) is 0. The third-order valence-electron chi connectivity index (χ3n) is 4.73. The third kappa shape index (κ3) is 4.12. The summed E-state index contributed by atoms with van der Waals surface area (Å²) in [5, 5.41) is 2.95. The molecule has 0 fully saturated rings. The quantitative estimate of drug-likeness (QED) is 0.473. The van der Waals surface area contributed by atoms with Crippen molar-refractivity contribution in [1.82, 2.24) is 0 Å². The summed E-state index contributed by atoms with van der Waals surface area (Å²) < 4.78 is 0. The lowest BCUT2D eigenvalue weighted by Crippen LogP contribution is -2.03. The lowest BCUT2D eigenvalue weighted by molar-refractivity contribution is 0.738. The first kappa shape index (κ1) is 17.1. The van der Waals surface area contributed by atoms with Crippen LogP contribution in [0.3, 0.4) is 0 Å². The van der Waals surface area contributed by atoms with Crippen LogP contribution in [0.15, 0.2) is 30.3 Å². The van der Waals surface area contributed by atoms with Gasteiger partial charge in [0.05, 0.1) is 0 Å². The maximum absolute atomic E-state index is 2.48. The van der Waals surface area contributed by atoms with Crippen molar-refractivity contribution in [1.29, 1.82) is 0 Å². The first-order valence-corrected chi connectivity index (χ1v) is 9.34. The van der Waals surface area contributed by atoms with E-state index in [-0.39, 0.29) is 0 Å². The molecular formula is C22H32. The van der Waals surface area contributed by atoms with Crippen LogP contribution in [0.1, 0.15) is 76.0 Å². The first-order chi connectivity index (χ1) is 10.8. The third-order valence-corrected chi connectivity index (χ3v) is 4.73. The number of unbranched alkanes of at least 4 members (excludes halogenated alkanes) is 3. The molecule has 0 unspecified atom stereocenters. The molecule has 0 radical (unpaired) electrons. The minimum atomic E-state index is 1.25. The second-order valence-electron chi connectivity index (χ2n) is 6.52. The van der Waals surface area contributed by atoms with Crippen LogP contribution in [-0.4, -0.2) is 0 Å². The van der Waals surface area contributed by atoms with Crippen molar-refractivity contribution >= 4 is 10.8 Å². The Morgan fingerprint density at radius 3 is 1.95 bits per heavy atom. The Kier molecular flexibility index (Phi) is 6.96. The topological polar surface area (TPSA) is 0 Å². The van der Waals surface area contributed by atoms with Crippen LogP contribution >= 0.6 is 0 Å². The molecule has 2 aromatic rings. The Labute approximate surface area is 136 Å². The average Bonchev–Trinajstić information content (AvgIpc) is 2.56. The highest BCUT2D eigenvalue weighted by Gasteiger charge is 2.12. The number of aryl methyl sites for hydroxylation is 2. The van der Waals surface area contributed by atoms with Gasteiger partial charge in [-0.25, -0.2) is 0 Å². The monoisotopic (exact) mass is 296 g/mol. The zero-order valence-electron chi connectivity index (χ0n) is 14.8. The van der Waals surface area contributed by atoms with E-state index in [4.69, 9.17) is 0 Å². The fourth-order valence-corrected chi connectivity index (χ4v) is 3.42. The molecule has 22 heavy (non-hydrogen) atoms. The van der Waals surface area contributed by atoms with Gasteiger partial charge in [0.1, 0.15) is 0 Å². The fourth-order valence-electron chi connectivity index (χ4n) is 3.42. The van der Waals surface area contributed by atoms with Gasteiger partial charge in [-0.1, -0.05) is 70.4 Å². The molecule has 0 amide bonds. The van der Waals surface area contributed by atoms with Crippen LogP contribution in [0.25, 0.3) is 10.8 Å². The fraction of sp³-hybridized carbons (Fsp3) is 0.545. The molecule has 0 heteroatoms. The van der Waals surface area contributed by atoms with Gasteiger partial charge in [0.2, 0.25) is 0 Å². The predicted octanol–water partition coefficient (Wildman–Crippen LogP) is 6.87.